The third-order valence-electron chi connectivity index (χ3n) is 2.14. The number of ether oxygens (including phenoxy) is 1. The molecule has 1 fully saturated rings. The molecule has 0 radical (unpaired) electrons. The minimum absolute atomic E-state index is 0.347. The number of halogens is 1. The molecule has 0 bridgehead atoms. The van der Waals surface area contributed by atoms with E-state index in [1.165, 1.54) is 6.42 Å². The zero-order chi connectivity index (χ0) is 9.10. The molecule has 1 aliphatic carbocycles. The van der Waals surface area contributed by atoms with Gasteiger partial charge in [-0.05, 0) is 19.3 Å². The molecule has 0 spiro atoms. The molecule has 0 saturated heterocycles. The Morgan fingerprint density at radius 3 is 2.92 bits per heavy atom. The second-order valence-corrected chi connectivity index (χ2v) is 3.42. The summed E-state index contributed by atoms with van der Waals surface area (Å²) < 4.78 is 5.56. The lowest BCUT2D eigenvalue weighted by Gasteiger charge is -2.25. The first kappa shape index (κ1) is 8.75. The lowest BCUT2D eigenvalue weighted by atomic mass is 9.96. The first-order valence-corrected chi connectivity index (χ1v) is 4.95. The Bertz CT molecular complexity index is 289. The maximum Gasteiger partial charge on any atom is 0.232 e. The molecule has 1 aromatic rings. The molecule has 3 nitrogen and oxygen atoms in total. The summed E-state index contributed by atoms with van der Waals surface area (Å²) in [5.74, 6) is 0.984. The van der Waals surface area contributed by atoms with Gasteiger partial charge < -0.3 is 4.74 Å². The first-order valence-electron chi connectivity index (χ1n) is 4.42. The van der Waals surface area contributed by atoms with Crippen LogP contribution in [0, 0.1) is 0 Å². The molecule has 1 saturated carbocycles. The van der Waals surface area contributed by atoms with E-state index in [9.17, 15) is 0 Å². The van der Waals surface area contributed by atoms with Crippen molar-refractivity contribution >= 4 is 11.6 Å². The standard InChI is InChI=1S/C9H11ClN2O/c10-4-7-5-11-6-9(12-7)13-8-2-1-3-8/h5-6,8H,1-4H2. The van der Waals surface area contributed by atoms with Crippen molar-refractivity contribution in [3.8, 4) is 5.88 Å². The predicted octanol–water partition coefficient (Wildman–Crippen LogP) is 2.15. The smallest absolute Gasteiger partial charge is 0.232 e. The van der Waals surface area contributed by atoms with E-state index in [-0.39, 0.29) is 0 Å². The van der Waals surface area contributed by atoms with E-state index in [4.69, 9.17) is 16.3 Å². The molecule has 0 unspecified atom stereocenters. The number of nitrogens with zero attached hydrogens (tertiary/aromatic N) is 2. The summed E-state index contributed by atoms with van der Waals surface area (Å²) in [6.45, 7) is 0. The van der Waals surface area contributed by atoms with Gasteiger partial charge >= 0.3 is 0 Å². The summed E-state index contributed by atoms with van der Waals surface area (Å²) in [6, 6.07) is 0. The highest BCUT2D eigenvalue weighted by Crippen LogP contribution is 2.23. The molecule has 0 aromatic carbocycles. The summed E-state index contributed by atoms with van der Waals surface area (Å²) in [7, 11) is 0. The van der Waals surface area contributed by atoms with Gasteiger partial charge in [-0.15, -0.1) is 11.6 Å². The molecule has 0 amide bonds. The molecule has 0 atom stereocenters. The quantitative estimate of drug-likeness (QED) is 0.699. The van der Waals surface area contributed by atoms with Crippen molar-refractivity contribution in [2.45, 2.75) is 31.2 Å². The average molecular weight is 199 g/mol. The Balaban J connectivity index is 2.01. The monoisotopic (exact) mass is 198 g/mol. The highest BCUT2D eigenvalue weighted by molar-refractivity contribution is 6.16. The summed E-state index contributed by atoms with van der Waals surface area (Å²) in [5, 5.41) is 0. The molecule has 1 aliphatic rings. The molecule has 1 aromatic heterocycles. The van der Waals surface area contributed by atoms with Gasteiger partial charge in [0.2, 0.25) is 5.88 Å². The van der Waals surface area contributed by atoms with E-state index in [2.05, 4.69) is 9.97 Å². The molecule has 0 aliphatic heterocycles. The minimum atomic E-state index is 0.347. The normalized spacial score (nSPS) is 16.7. The van der Waals surface area contributed by atoms with Gasteiger partial charge in [0.25, 0.3) is 0 Å². The van der Waals surface area contributed by atoms with Gasteiger partial charge in [0, 0.05) is 6.20 Å². The van der Waals surface area contributed by atoms with Crippen LogP contribution < -0.4 is 4.74 Å². The zero-order valence-electron chi connectivity index (χ0n) is 7.24. The van der Waals surface area contributed by atoms with Crippen LogP contribution in [-0.2, 0) is 5.88 Å². The predicted molar refractivity (Wildman–Crippen MR) is 49.9 cm³/mol. The van der Waals surface area contributed by atoms with Gasteiger partial charge in [-0.25, -0.2) is 4.98 Å². The SMILES string of the molecule is ClCc1cncc(OC2CCC2)n1. The third-order valence-corrected chi connectivity index (χ3v) is 2.41. The maximum atomic E-state index is 5.63. The average Bonchev–Trinajstić information content (AvgIpc) is 2.12. The summed E-state index contributed by atoms with van der Waals surface area (Å²) in [6.07, 6.45) is 7.15. The van der Waals surface area contributed by atoms with Crippen LogP contribution >= 0.6 is 11.6 Å². The van der Waals surface area contributed by atoms with Gasteiger partial charge in [0.1, 0.15) is 6.10 Å². The van der Waals surface area contributed by atoms with Crippen molar-refractivity contribution in [1.82, 2.24) is 9.97 Å². The molecule has 13 heavy (non-hydrogen) atoms. The molecule has 70 valence electrons. The van der Waals surface area contributed by atoms with Crippen molar-refractivity contribution in [3.05, 3.63) is 18.1 Å². The number of rotatable bonds is 3. The fraction of sp³-hybridized carbons (Fsp3) is 0.556. The third kappa shape index (κ3) is 2.10. The Morgan fingerprint density at radius 1 is 1.46 bits per heavy atom. The lowest BCUT2D eigenvalue weighted by Crippen LogP contribution is -2.25. The van der Waals surface area contributed by atoms with Crippen LogP contribution in [0.2, 0.25) is 0 Å². The van der Waals surface area contributed by atoms with Gasteiger partial charge in [-0.3, -0.25) is 4.98 Å². The van der Waals surface area contributed by atoms with Crippen LogP contribution in [-0.4, -0.2) is 16.1 Å². The fourth-order valence-corrected chi connectivity index (χ4v) is 1.30. The second kappa shape index (κ2) is 3.92. The topological polar surface area (TPSA) is 35.0 Å². The van der Waals surface area contributed by atoms with Crippen molar-refractivity contribution < 1.29 is 4.74 Å². The van der Waals surface area contributed by atoms with Crippen LogP contribution in [0.1, 0.15) is 25.0 Å². The molecule has 1 heterocycles. The van der Waals surface area contributed by atoms with Crippen LogP contribution in [0.15, 0.2) is 12.4 Å². The summed E-state index contributed by atoms with van der Waals surface area (Å²) in [5.41, 5.74) is 0.762. The largest absolute Gasteiger partial charge is 0.473 e. The van der Waals surface area contributed by atoms with E-state index in [0.717, 1.165) is 18.5 Å². The van der Waals surface area contributed by atoms with E-state index in [0.29, 0.717) is 17.9 Å². The van der Waals surface area contributed by atoms with E-state index >= 15 is 0 Å². The van der Waals surface area contributed by atoms with Gasteiger partial charge in [0.05, 0.1) is 17.8 Å². The Labute approximate surface area is 82.1 Å². The van der Waals surface area contributed by atoms with Crippen LogP contribution in [0.5, 0.6) is 5.88 Å². The molecular weight excluding hydrogens is 188 g/mol. The zero-order valence-corrected chi connectivity index (χ0v) is 8.00. The van der Waals surface area contributed by atoms with Crippen molar-refractivity contribution in [2.24, 2.45) is 0 Å². The Hall–Kier alpha value is -0.830. The Morgan fingerprint density at radius 2 is 2.31 bits per heavy atom. The van der Waals surface area contributed by atoms with E-state index < -0.39 is 0 Å². The maximum absolute atomic E-state index is 5.63. The Kier molecular flexibility index (Phi) is 2.64. The van der Waals surface area contributed by atoms with Crippen LogP contribution in [0.4, 0.5) is 0 Å². The lowest BCUT2D eigenvalue weighted by molar-refractivity contribution is 0.114. The van der Waals surface area contributed by atoms with E-state index in [1.807, 2.05) is 0 Å². The van der Waals surface area contributed by atoms with Crippen LogP contribution in [0.25, 0.3) is 0 Å². The first-order chi connectivity index (χ1) is 6.38. The summed E-state index contributed by atoms with van der Waals surface area (Å²) >= 11 is 5.63. The molecule has 4 heteroatoms. The van der Waals surface area contributed by atoms with Crippen molar-refractivity contribution in [2.75, 3.05) is 0 Å². The molecular formula is C9H11ClN2O. The number of hydrogen-bond acceptors (Lipinski definition) is 3. The number of hydrogen-bond donors (Lipinski definition) is 0. The van der Waals surface area contributed by atoms with E-state index in [1.54, 1.807) is 12.4 Å². The fourth-order valence-electron chi connectivity index (χ4n) is 1.17. The van der Waals surface area contributed by atoms with Gasteiger partial charge in [-0.1, -0.05) is 0 Å². The van der Waals surface area contributed by atoms with Crippen molar-refractivity contribution in [3.63, 3.8) is 0 Å². The summed E-state index contributed by atoms with van der Waals surface area (Å²) in [4.78, 5) is 8.19. The molecule has 0 N–H and O–H groups in total. The van der Waals surface area contributed by atoms with Gasteiger partial charge in [0.15, 0.2) is 0 Å². The molecule has 2 rings (SSSR count). The number of aromatic nitrogens is 2. The van der Waals surface area contributed by atoms with Crippen LogP contribution in [0.3, 0.4) is 0 Å². The van der Waals surface area contributed by atoms with Gasteiger partial charge in [-0.2, -0.15) is 0 Å². The highest BCUT2D eigenvalue weighted by atomic mass is 35.5. The highest BCUT2D eigenvalue weighted by Gasteiger charge is 2.19. The minimum Gasteiger partial charge on any atom is -0.473 e. The van der Waals surface area contributed by atoms with Crippen molar-refractivity contribution in [1.29, 1.82) is 0 Å². The number of alkyl halides is 1. The second-order valence-electron chi connectivity index (χ2n) is 3.15.